The van der Waals surface area contributed by atoms with Crippen LogP contribution in [0.25, 0.3) is 0 Å². The Bertz CT molecular complexity index is 694. The Kier molecular flexibility index (Phi) is 5.37. The average Bonchev–Trinajstić information content (AvgIpc) is 3.00. The molecule has 6 nitrogen and oxygen atoms in total. The molecule has 1 aliphatic rings. The zero-order valence-electron chi connectivity index (χ0n) is 13.8. The number of aromatic nitrogens is 2. The van der Waals surface area contributed by atoms with Crippen molar-refractivity contribution < 1.29 is 4.79 Å². The third-order valence-electron chi connectivity index (χ3n) is 4.17. The lowest BCUT2D eigenvalue weighted by Crippen LogP contribution is -2.50. The monoisotopic (exact) mass is 347 g/mol. The summed E-state index contributed by atoms with van der Waals surface area (Å²) in [5.41, 5.74) is 2.19. The minimum Gasteiger partial charge on any atom is -0.368 e. The first-order valence-corrected chi connectivity index (χ1v) is 8.46. The maximum atomic E-state index is 12.3. The van der Waals surface area contributed by atoms with E-state index in [4.69, 9.17) is 11.6 Å². The van der Waals surface area contributed by atoms with Gasteiger partial charge in [0.15, 0.2) is 0 Å². The topological polar surface area (TPSA) is 53.4 Å². The zero-order valence-corrected chi connectivity index (χ0v) is 14.5. The average molecular weight is 348 g/mol. The smallest absolute Gasteiger partial charge is 0.236 e. The predicted octanol–water partition coefficient (Wildman–Crippen LogP) is 1.51. The number of rotatable bonds is 5. The zero-order chi connectivity index (χ0) is 16.9. The van der Waals surface area contributed by atoms with E-state index in [1.54, 1.807) is 10.9 Å². The number of amides is 1. The third kappa shape index (κ3) is 4.27. The number of halogens is 1. The fourth-order valence-electron chi connectivity index (χ4n) is 2.88. The van der Waals surface area contributed by atoms with E-state index in [0.717, 1.165) is 42.5 Å². The molecule has 1 amide bonds. The Morgan fingerprint density at radius 1 is 1.29 bits per heavy atom. The number of nitrogens with zero attached hydrogens (tertiary/aromatic N) is 4. The maximum Gasteiger partial charge on any atom is 0.236 e. The molecule has 7 heteroatoms. The summed E-state index contributed by atoms with van der Waals surface area (Å²) < 4.78 is 1.76. The van der Waals surface area contributed by atoms with Gasteiger partial charge in [-0.25, -0.2) is 0 Å². The molecular formula is C17H22ClN5O. The number of aryl methyl sites for hydroxylation is 1. The molecule has 0 spiro atoms. The molecule has 1 saturated heterocycles. The van der Waals surface area contributed by atoms with Crippen LogP contribution in [0.1, 0.15) is 5.56 Å². The van der Waals surface area contributed by atoms with Crippen molar-refractivity contribution >= 4 is 23.2 Å². The molecular weight excluding hydrogens is 326 g/mol. The van der Waals surface area contributed by atoms with Gasteiger partial charge in [0.2, 0.25) is 5.91 Å². The quantitative estimate of drug-likeness (QED) is 0.891. The van der Waals surface area contributed by atoms with Crippen LogP contribution in [0.5, 0.6) is 0 Å². The molecule has 0 atom stereocenters. The largest absolute Gasteiger partial charge is 0.368 e. The summed E-state index contributed by atoms with van der Waals surface area (Å²) in [6.45, 7) is 4.14. The highest BCUT2D eigenvalue weighted by Gasteiger charge is 2.21. The molecule has 0 aliphatic carbocycles. The number of carbonyl (C=O) groups is 1. The van der Waals surface area contributed by atoms with Crippen LogP contribution >= 0.6 is 11.6 Å². The summed E-state index contributed by atoms with van der Waals surface area (Å²) in [4.78, 5) is 16.5. The number of hydrogen-bond donors (Lipinski definition) is 1. The molecule has 1 aliphatic heterocycles. The van der Waals surface area contributed by atoms with Crippen LogP contribution in [-0.2, 0) is 18.4 Å². The highest BCUT2D eigenvalue weighted by molar-refractivity contribution is 6.30. The fraction of sp³-hybridized carbons (Fsp3) is 0.412. The lowest BCUT2D eigenvalue weighted by molar-refractivity contribution is -0.130. The van der Waals surface area contributed by atoms with E-state index < -0.39 is 0 Å². The van der Waals surface area contributed by atoms with E-state index >= 15 is 0 Å². The van der Waals surface area contributed by atoms with Gasteiger partial charge in [0, 0.05) is 62.2 Å². The minimum atomic E-state index is 0.143. The van der Waals surface area contributed by atoms with E-state index in [-0.39, 0.29) is 5.91 Å². The molecule has 0 unspecified atom stereocenters. The van der Waals surface area contributed by atoms with E-state index in [1.807, 2.05) is 36.3 Å². The molecule has 1 aromatic carbocycles. The molecule has 2 aromatic rings. The van der Waals surface area contributed by atoms with Gasteiger partial charge in [-0.1, -0.05) is 17.7 Å². The predicted molar refractivity (Wildman–Crippen MR) is 95.2 cm³/mol. The second-order valence-electron chi connectivity index (χ2n) is 5.97. The molecule has 0 bridgehead atoms. The van der Waals surface area contributed by atoms with Crippen LogP contribution in [-0.4, -0.2) is 53.3 Å². The van der Waals surface area contributed by atoms with Crippen LogP contribution in [0.4, 0.5) is 5.69 Å². The van der Waals surface area contributed by atoms with Gasteiger partial charge < -0.3 is 15.1 Å². The summed E-state index contributed by atoms with van der Waals surface area (Å²) in [5.74, 6) is 0.143. The van der Waals surface area contributed by atoms with Crippen molar-refractivity contribution in [1.82, 2.24) is 20.0 Å². The van der Waals surface area contributed by atoms with E-state index in [0.29, 0.717) is 13.1 Å². The van der Waals surface area contributed by atoms with E-state index in [2.05, 4.69) is 21.4 Å². The molecule has 24 heavy (non-hydrogen) atoms. The van der Waals surface area contributed by atoms with Crippen molar-refractivity contribution in [2.24, 2.45) is 7.05 Å². The van der Waals surface area contributed by atoms with Crippen molar-refractivity contribution in [3.05, 3.63) is 47.2 Å². The van der Waals surface area contributed by atoms with Crippen LogP contribution in [0, 0.1) is 0 Å². The van der Waals surface area contributed by atoms with Gasteiger partial charge in [-0.2, -0.15) is 5.10 Å². The Labute approximate surface area is 147 Å². The van der Waals surface area contributed by atoms with Crippen LogP contribution < -0.4 is 10.2 Å². The second-order valence-corrected chi connectivity index (χ2v) is 6.41. The van der Waals surface area contributed by atoms with Gasteiger partial charge >= 0.3 is 0 Å². The van der Waals surface area contributed by atoms with E-state index in [1.165, 1.54) is 0 Å². The maximum absolute atomic E-state index is 12.3. The van der Waals surface area contributed by atoms with Crippen molar-refractivity contribution in [2.75, 3.05) is 37.6 Å². The summed E-state index contributed by atoms with van der Waals surface area (Å²) in [6.07, 6.45) is 3.75. The second kappa shape index (κ2) is 7.68. The number of anilines is 1. The van der Waals surface area contributed by atoms with Crippen molar-refractivity contribution in [3.8, 4) is 0 Å². The first-order chi connectivity index (χ1) is 11.6. The molecule has 3 rings (SSSR count). The molecule has 1 N–H and O–H groups in total. The SMILES string of the molecule is Cn1cc(CNCC(=O)N2CCN(c3cccc(Cl)c3)CC2)cn1. The molecule has 2 heterocycles. The molecule has 0 radical (unpaired) electrons. The number of carbonyl (C=O) groups excluding carboxylic acids is 1. The summed E-state index contributed by atoms with van der Waals surface area (Å²) in [7, 11) is 1.88. The third-order valence-corrected chi connectivity index (χ3v) is 4.40. The Balaban J connectivity index is 1.43. The minimum absolute atomic E-state index is 0.143. The van der Waals surface area contributed by atoms with Gasteiger partial charge in [0.05, 0.1) is 12.7 Å². The van der Waals surface area contributed by atoms with Gasteiger partial charge in [-0.3, -0.25) is 9.48 Å². The standard InChI is InChI=1S/C17H22ClN5O/c1-21-13-14(11-20-21)10-19-12-17(24)23-7-5-22(6-8-23)16-4-2-3-15(18)9-16/h2-4,9,11,13,19H,5-8,10,12H2,1H3. The lowest BCUT2D eigenvalue weighted by Gasteiger charge is -2.36. The number of benzene rings is 1. The fourth-order valence-corrected chi connectivity index (χ4v) is 3.06. The van der Waals surface area contributed by atoms with Crippen molar-refractivity contribution in [3.63, 3.8) is 0 Å². The lowest BCUT2D eigenvalue weighted by atomic mass is 10.2. The first-order valence-electron chi connectivity index (χ1n) is 8.08. The van der Waals surface area contributed by atoms with E-state index in [9.17, 15) is 4.79 Å². The van der Waals surface area contributed by atoms with Crippen LogP contribution in [0.15, 0.2) is 36.7 Å². The summed E-state index contributed by atoms with van der Waals surface area (Å²) >= 11 is 6.05. The number of hydrogen-bond acceptors (Lipinski definition) is 4. The van der Waals surface area contributed by atoms with Crippen LogP contribution in [0.2, 0.25) is 5.02 Å². The molecule has 1 aromatic heterocycles. The molecule has 0 saturated carbocycles. The van der Waals surface area contributed by atoms with Gasteiger partial charge in [-0.05, 0) is 18.2 Å². The normalized spacial score (nSPS) is 14.9. The number of piperazine rings is 1. The van der Waals surface area contributed by atoms with Gasteiger partial charge in [0.25, 0.3) is 0 Å². The summed E-state index contributed by atoms with van der Waals surface area (Å²) in [6, 6.07) is 7.85. The highest BCUT2D eigenvalue weighted by Crippen LogP contribution is 2.20. The molecule has 128 valence electrons. The Morgan fingerprint density at radius 3 is 2.75 bits per heavy atom. The van der Waals surface area contributed by atoms with Gasteiger partial charge in [-0.15, -0.1) is 0 Å². The van der Waals surface area contributed by atoms with Crippen LogP contribution in [0.3, 0.4) is 0 Å². The Hall–Kier alpha value is -2.05. The summed E-state index contributed by atoms with van der Waals surface area (Å²) in [5, 5.41) is 8.04. The van der Waals surface area contributed by atoms with Crippen molar-refractivity contribution in [2.45, 2.75) is 6.54 Å². The highest BCUT2D eigenvalue weighted by atomic mass is 35.5. The van der Waals surface area contributed by atoms with Crippen molar-refractivity contribution in [1.29, 1.82) is 0 Å². The number of nitrogens with one attached hydrogen (secondary N) is 1. The Morgan fingerprint density at radius 2 is 2.08 bits per heavy atom. The first kappa shape index (κ1) is 16.8. The van der Waals surface area contributed by atoms with Gasteiger partial charge in [0.1, 0.15) is 0 Å². The molecule has 1 fully saturated rings.